The highest BCUT2D eigenvalue weighted by Gasteiger charge is 2.24. The minimum absolute atomic E-state index is 0.241. The Balaban J connectivity index is 1.56. The number of nitrogens with zero attached hydrogens (tertiary/aromatic N) is 1. The van der Waals surface area contributed by atoms with Crippen molar-refractivity contribution >= 4 is 65.7 Å². The summed E-state index contributed by atoms with van der Waals surface area (Å²) >= 11 is 10.5. The topological polar surface area (TPSA) is 47.9 Å². The molecule has 0 bridgehead atoms. The van der Waals surface area contributed by atoms with Crippen LogP contribution in [0.3, 0.4) is 0 Å². The quantitative estimate of drug-likeness (QED) is 0.228. The molecule has 0 saturated heterocycles. The summed E-state index contributed by atoms with van der Waals surface area (Å²) in [7, 11) is 0. The minimum atomic E-state index is -0.481. The number of benzene rings is 3. The van der Waals surface area contributed by atoms with Crippen molar-refractivity contribution in [2.24, 2.45) is 4.99 Å². The molecule has 1 aliphatic rings. The Hall–Kier alpha value is -2.22. The van der Waals surface area contributed by atoms with Crippen molar-refractivity contribution in [1.82, 2.24) is 0 Å². The van der Waals surface area contributed by atoms with Gasteiger partial charge in [-0.25, -0.2) is 9.79 Å². The van der Waals surface area contributed by atoms with E-state index in [1.807, 2.05) is 54.6 Å². The summed E-state index contributed by atoms with van der Waals surface area (Å²) in [5.41, 5.74) is 4.06. The van der Waals surface area contributed by atoms with Crippen molar-refractivity contribution in [3.05, 3.63) is 102 Å². The van der Waals surface area contributed by atoms with E-state index < -0.39 is 5.97 Å². The van der Waals surface area contributed by atoms with E-state index in [4.69, 9.17) is 9.47 Å². The molecule has 0 spiro atoms. The molecule has 1 heterocycles. The van der Waals surface area contributed by atoms with Gasteiger partial charge in [-0.15, -0.1) is 0 Å². The molecule has 3 aromatic rings. The van der Waals surface area contributed by atoms with Crippen molar-refractivity contribution < 1.29 is 14.3 Å². The zero-order valence-electron chi connectivity index (χ0n) is 16.4. The first-order valence-corrected chi connectivity index (χ1v) is 11.7. The first kappa shape index (κ1) is 22.0. The van der Waals surface area contributed by atoms with Crippen LogP contribution in [-0.4, -0.2) is 11.9 Å². The Kier molecular flexibility index (Phi) is 6.74. The second-order valence-electron chi connectivity index (χ2n) is 6.87. The first-order chi connectivity index (χ1) is 14.9. The van der Waals surface area contributed by atoms with Gasteiger partial charge in [0, 0.05) is 10.0 Å². The number of hydrogen-bond acceptors (Lipinski definition) is 4. The molecule has 0 unspecified atom stereocenters. The maximum absolute atomic E-state index is 12.3. The fourth-order valence-electron chi connectivity index (χ4n) is 3.01. The van der Waals surface area contributed by atoms with Gasteiger partial charge in [0.1, 0.15) is 12.4 Å². The largest absolute Gasteiger partial charge is 0.487 e. The lowest BCUT2D eigenvalue weighted by Crippen LogP contribution is -2.05. The normalized spacial score (nSPS) is 14.5. The summed E-state index contributed by atoms with van der Waals surface area (Å²) in [5, 5.41) is 0. The zero-order chi connectivity index (χ0) is 22.0. The van der Waals surface area contributed by atoms with Crippen LogP contribution < -0.4 is 4.74 Å². The van der Waals surface area contributed by atoms with Crippen LogP contribution >= 0.6 is 47.8 Å². The monoisotopic (exact) mass is 603 g/mol. The third-order valence-corrected chi connectivity index (χ3v) is 6.38. The molecule has 3 aromatic carbocycles. The Morgan fingerprint density at radius 2 is 1.68 bits per heavy atom. The maximum Gasteiger partial charge on any atom is 0.363 e. The molecular formula is C24H16Br3NO3. The van der Waals surface area contributed by atoms with E-state index in [-0.39, 0.29) is 5.70 Å². The van der Waals surface area contributed by atoms with Crippen molar-refractivity contribution in [2.45, 2.75) is 13.5 Å². The van der Waals surface area contributed by atoms with Crippen molar-refractivity contribution in [2.75, 3.05) is 0 Å². The molecular weight excluding hydrogens is 590 g/mol. The number of cyclic esters (lactones) is 1. The molecule has 31 heavy (non-hydrogen) atoms. The summed E-state index contributed by atoms with van der Waals surface area (Å²) in [4.78, 5) is 16.7. The van der Waals surface area contributed by atoms with E-state index in [0.717, 1.165) is 30.1 Å². The Morgan fingerprint density at radius 1 is 1.00 bits per heavy atom. The molecule has 0 aromatic heterocycles. The predicted molar refractivity (Wildman–Crippen MR) is 132 cm³/mol. The number of esters is 1. The highest BCUT2D eigenvalue weighted by molar-refractivity contribution is 9.11. The maximum atomic E-state index is 12.3. The average Bonchev–Trinajstić information content (AvgIpc) is 3.09. The number of hydrogen-bond donors (Lipinski definition) is 0. The molecule has 0 amide bonds. The number of carbonyl (C=O) groups excluding carboxylic acids is 1. The van der Waals surface area contributed by atoms with E-state index in [2.05, 4.69) is 65.8 Å². The van der Waals surface area contributed by atoms with Gasteiger partial charge in [0.25, 0.3) is 0 Å². The van der Waals surface area contributed by atoms with Crippen molar-refractivity contribution in [3.8, 4) is 5.75 Å². The molecule has 1 aliphatic heterocycles. The predicted octanol–water partition coefficient (Wildman–Crippen LogP) is 7.21. The third kappa shape index (κ3) is 5.17. The van der Waals surface area contributed by atoms with E-state index >= 15 is 0 Å². The summed E-state index contributed by atoms with van der Waals surface area (Å²) in [6.45, 7) is 2.51. The third-order valence-electron chi connectivity index (χ3n) is 4.67. The molecule has 0 fully saturated rings. The van der Waals surface area contributed by atoms with Gasteiger partial charge in [-0.2, -0.15) is 0 Å². The lowest BCUT2D eigenvalue weighted by molar-refractivity contribution is -0.129. The number of rotatable bonds is 5. The Labute approximate surface area is 205 Å². The second-order valence-corrected chi connectivity index (χ2v) is 9.50. The van der Waals surface area contributed by atoms with E-state index in [1.54, 1.807) is 6.08 Å². The van der Waals surface area contributed by atoms with Gasteiger partial charge in [-0.1, -0.05) is 40.2 Å². The van der Waals surface area contributed by atoms with Crippen LogP contribution in [0.15, 0.2) is 84.8 Å². The SMILES string of the molecule is Cc1ccccc1COc1c(Br)cc(/C=C2\N=C(c3ccc(Br)cc3)OC2=O)cc1Br. The van der Waals surface area contributed by atoms with Gasteiger partial charge in [0.05, 0.1) is 8.95 Å². The summed E-state index contributed by atoms with van der Waals surface area (Å²) < 4.78 is 13.8. The van der Waals surface area contributed by atoms with Crippen LogP contribution in [0.5, 0.6) is 5.75 Å². The molecule has 0 atom stereocenters. The fourth-order valence-corrected chi connectivity index (χ4v) is 4.72. The molecule has 0 aliphatic carbocycles. The molecule has 156 valence electrons. The molecule has 4 rings (SSSR count). The highest BCUT2D eigenvalue weighted by Crippen LogP contribution is 2.36. The number of halogens is 3. The van der Waals surface area contributed by atoms with Gasteiger partial charge >= 0.3 is 5.97 Å². The Morgan fingerprint density at radius 3 is 2.35 bits per heavy atom. The average molecular weight is 606 g/mol. The summed E-state index contributed by atoms with van der Waals surface area (Å²) in [6, 6.07) is 19.3. The Bertz CT molecular complexity index is 1190. The minimum Gasteiger partial charge on any atom is -0.487 e. The van der Waals surface area contributed by atoms with Crippen LogP contribution in [0, 0.1) is 6.92 Å². The number of carbonyl (C=O) groups is 1. The molecule has 7 heteroatoms. The molecule has 0 N–H and O–H groups in total. The fraction of sp³-hybridized carbons (Fsp3) is 0.0833. The highest BCUT2D eigenvalue weighted by atomic mass is 79.9. The second kappa shape index (κ2) is 9.51. The van der Waals surface area contributed by atoms with Crippen LogP contribution in [0.25, 0.3) is 6.08 Å². The molecule has 0 radical (unpaired) electrons. The van der Waals surface area contributed by atoms with E-state index in [1.165, 1.54) is 5.56 Å². The summed E-state index contributed by atoms with van der Waals surface area (Å²) in [6.07, 6.45) is 1.69. The zero-order valence-corrected chi connectivity index (χ0v) is 21.1. The smallest absolute Gasteiger partial charge is 0.363 e. The molecule has 4 nitrogen and oxygen atoms in total. The number of aliphatic imine (C=N–C) groups is 1. The lowest BCUT2D eigenvalue weighted by Gasteiger charge is -2.12. The van der Waals surface area contributed by atoms with Gasteiger partial charge in [-0.05, 0) is 97.9 Å². The van der Waals surface area contributed by atoms with Crippen LogP contribution in [0.1, 0.15) is 22.3 Å². The number of aryl methyl sites for hydroxylation is 1. The van der Waals surface area contributed by atoms with Gasteiger partial charge in [0.15, 0.2) is 5.70 Å². The van der Waals surface area contributed by atoms with Gasteiger partial charge < -0.3 is 9.47 Å². The van der Waals surface area contributed by atoms with Crippen LogP contribution in [0.4, 0.5) is 0 Å². The molecule has 0 saturated carbocycles. The van der Waals surface area contributed by atoms with Crippen LogP contribution in [0.2, 0.25) is 0 Å². The van der Waals surface area contributed by atoms with Crippen molar-refractivity contribution in [3.63, 3.8) is 0 Å². The summed E-state index contributed by atoms with van der Waals surface area (Å²) in [5.74, 6) is 0.503. The van der Waals surface area contributed by atoms with Crippen LogP contribution in [-0.2, 0) is 16.1 Å². The van der Waals surface area contributed by atoms with Gasteiger partial charge in [-0.3, -0.25) is 0 Å². The van der Waals surface area contributed by atoms with Gasteiger partial charge in [0.2, 0.25) is 5.90 Å². The van der Waals surface area contributed by atoms with E-state index in [0.29, 0.717) is 18.3 Å². The standard InChI is InChI=1S/C24H16Br3NO3/c1-14-4-2-3-5-17(14)13-30-22-19(26)10-15(11-20(22)27)12-21-24(29)31-23(28-21)16-6-8-18(25)9-7-16/h2-12H,13H2,1H3/b21-12-. The lowest BCUT2D eigenvalue weighted by atomic mass is 10.1. The van der Waals surface area contributed by atoms with Crippen molar-refractivity contribution in [1.29, 1.82) is 0 Å². The number of ether oxygens (including phenoxy) is 2. The first-order valence-electron chi connectivity index (χ1n) is 9.35. The van der Waals surface area contributed by atoms with E-state index in [9.17, 15) is 4.79 Å².